The summed E-state index contributed by atoms with van der Waals surface area (Å²) in [5.41, 5.74) is 7.86. The van der Waals surface area contributed by atoms with E-state index in [1.807, 2.05) is 0 Å². The van der Waals surface area contributed by atoms with Gasteiger partial charge in [0.15, 0.2) is 10.8 Å². The Kier molecular flexibility index (Phi) is 5.88. The van der Waals surface area contributed by atoms with Gasteiger partial charge in [-0.2, -0.15) is 4.37 Å². The fourth-order valence-electron chi connectivity index (χ4n) is 3.57. The number of carboxylic acids is 1. The number of rotatable bonds is 8. The number of aromatic amines is 1. The number of ether oxygens (including phenoxy) is 3. The van der Waals surface area contributed by atoms with Gasteiger partial charge in [0.25, 0.3) is 0 Å². The maximum absolute atomic E-state index is 11.6. The van der Waals surface area contributed by atoms with E-state index in [1.165, 1.54) is 21.3 Å². The molecule has 0 aliphatic heterocycles. The lowest BCUT2D eigenvalue weighted by Crippen LogP contribution is -2.10. The lowest BCUT2D eigenvalue weighted by atomic mass is 10.0. The minimum atomic E-state index is -1.02. The van der Waals surface area contributed by atoms with Crippen molar-refractivity contribution < 1.29 is 28.9 Å². The third kappa shape index (κ3) is 4.05. The number of nitrogens with two attached hydrogens (primary N) is 1. The number of benzene rings is 2. The predicted molar refractivity (Wildman–Crippen MR) is 122 cm³/mol. The molecule has 0 unspecified atom stereocenters. The molecular weight excluding hydrogens is 448 g/mol. The predicted octanol–water partition coefficient (Wildman–Crippen LogP) is 3.11. The molecule has 0 bridgehead atoms. The third-order valence-corrected chi connectivity index (χ3v) is 5.83. The van der Waals surface area contributed by atoms with Crippen LogP contribution in [0.25, 0.3) is 33.0 Å². The molecule has 1 amide bonds. The molecule has 170 valence electrons. The maximum Gasteiger partial charge on any atom is 0.307 e. The number of H-pyrrole nitrogens is 1. The molecule has 0 aliphatic rings. The van der Waals surface area contributed by atoms with E-state index >= 15 is 0 Å². The molecule has 0 aliphatic carbocycles. The second-order valence-electron chi connectivity index (χ2n) is 7.00. The number of methoxy groups -OCH3 is 3. The molecule has 2 aromatic heterocycles. The van der Waals surface area contributed by atoms with E-state index in [4.69, 9.17) is 19.9 Å². The van der Waals surface area contributed by atoms with E-state index in [2.05, 4.69) is 14.3 Å². The highest BCUT2D eigenvalue weighted by atomic mass is 32.1. The van der Waals surface area contributed by atoms with Crippen molar-refractivity contribution in [2.24, 2.45) is 5.73 Å². The van der Waals surface area contributed by atoms with Crippen molar-refractivity contribution in [3.63, 3.8) is 0 Å². The van der Waals surface area contributed by atoms with Crippen LogP contribution in [0.3, 0.4) is 0 Å². The molecule has 10 nitrogen and oxygen atoms in total. The van der Waals surface area contributed by atoms with Gasteiger partial charge in [-0.3, -0.25) is 9.59 Å². The Morgan fingerprint density at radius 3 is 2.36 bits per heavy atom. The van der Waals surface area contributed by atoms with Gasteiger partial charge in [-0.1, -0.05) is 0 Å². The van der Waals surface area contributed by atoms with Gasteiger partial charge < -0.3 is 30.0 Å². The zero-order chi connectivity index (χ0) is 23.7. The van der Waals surface area contributed by atoms with Crippen molar-refractivity contribution in [2.45, 2.75) is 6.42 Å². The SMILES string of the molecule is COc1cc(OC)c(-c2nsc(-c3[nH]c4ccc(C(N)=O)cc4c3CC(=O)O)n2)c(OC)c1. The zero-order valence-corrected chi connectivity index (χ0v) is 18.8. The first kappa shape index (κ1) is 22.1. The second kappa shape index (κ2) is 8.79. The number of hydrogen-bond donors (Lipinski definition) is 3. The molecule has 11 heteroatoms. The monoisotopic (exact) mass is 468 g/mol. The van der Waals surface area contributed by atoms with Gasteiger partial charge in [-0.05, 0) is 35.3 Å². The van der Waals surface area contributed by atoms with Crippen molar-refractivity contribution in [3.05, 3.63) is 41.5 Å². The van der Waals surface area contributed by atoms with Gasteiger partial charge in [0.1, 0.15) is 22.8 Å². The Morgan fingerprint density at radius 2 is 1.79 bits per heavy atom. The van der Waals surface area contributed by atoms with Crippen LogP contribution in [0.1, 0.15) is 15.9 Å². The molecule has 0 spiro atoms. The summed E-state index contributed by atoms with van der Waals surface area (Å²) < 4.78 is 20.7. The molecule has 4 rings (SSSR count). The van der Waals surface area contributed by atoms with Gasteiger partial charge in [0.2, 0.25) is 5.91 Å². The van der Waals surface area contributed by atoms with Crippen LogP contribution in [0.15, 0.2) is 30.3 Å². The first-order valence-electron chi connectivity index (χ1n) is 9.67. The summed E-state index contributed by atoms with van der Waals surface area (Å²) in [6.45, 7) is 0. The number of fused-ring (bicyclic) bond motifs is 1. The van der Waals surface area contributed by atoms with Gasteiger partial charge in [-0.25, -0.2) is 4.98 Å². The number of carboxylic acid groups (broad SMARTS) is 1. The van der Waals surface area contributed by atoms with Gasteiger partial charge in [-0.15, -0.1) is 0 Å². The Labute approximate surface area is 192 Å². The number of carbonyl (C=O) groups excluding carboxylic acids is 1. The number of aromatic nitrogens is 3. The number of aliphatic carboxylic acids is 1. The number of hydrogen-bond acceptors (Lipinski definition) is 8. The Balaban J connectivity index is 1.88. The summed E-state index contributed by atoms with van der Waals surface area (Å²) in [4.78, 5) is 31.0. The van der Waals surface area contributed by atoms with Crippen LogP contribution in [-0.2, 0) is 11.2 Å². The quantitative estimate of drug-likeness (QED) is 0.357. The highest BCUT2D eigenvalue weighted by Gasteiger charge is 2.23. The summed E-state index contributed by atoms with van der Waals surface area (Å²) in [5, 5.41) is 10.5. The molecular formula is C22H20N4O6S. The van der Waals surface area contributed by atoms with Crippen molar-refractivity contribution in [1.29, 1.82) is 0 Å². The fraction of sp³-hybridized carbons (Fsp3) is 0.182. The lowest BCUT2D eigenvalue weighted by Gasteiger charge is -2.12. The van der Waals surface area contributed by atoms with E-state index in [0.29, 0.717) is 55.8 Å². The average Bonchev–Trinajstić information content (AvgIpc) is 3.42. The fourth-order valence-corrected chi connectivity index (χ4v) is 4.27. The van der Waals surface area contributed by atoms with Crippen LogP contribution < -0.4 is 19.9 Å². The first-order chi connectivity index (χ1) is 15.9. The standard InChI is InChI=1S/C22H20N4O6S/c1-30-11-7-15(31-2)18(16(8-11)32-3)21-25-22(33-26-21)19-13(9-17(27)28)12-6-10(20(23)29)4-5-14(12)24-19/h4-8,24H,9H2,1-3H3,(H2,23,29)(H,27,28). The van der Waals surface area contributed by atoms with Crippen molar-refractivity contribution in [3.8, 4) is 39.3 Å². The molecule has 0 fully saturated rings. The van der Waals surface area contributed by atoms with Gasteiger partial charge in [0.05, 0.1) is 33.4 Å². The average molecular weight is 468 g/mol. The summed E-state index contributed by atoms with van der Waals surface area (Å²) in [5.74, 6) is 0.201. The molecule has 33 heavy (non-hydrogen) atoms. The normalized spacial score (nSPS) is 10.9. The number of nitrogens with one attached hydrogen (secondary N) is 1. The van der Waals surface area contributed by atoms with Gasteiger partial charge >= 0.3 is 5.97 Å². The minimum Gasteiger partial charge on any atom is -0.496 e. The molecule has 0 saturated carbocycles. The topological polar surface area (TPSA) is 150 Å². The number of primary amides is 1. The smallest absolute Gasteiger partial charge is 0.307 e. The number of carbonyl (C=O) groups is 2. The summed E-state index contributed by atoms with van der Waals surface area (Å²) in [6.07, 6.45) is -0.276. The molecule has 2 aromatic carbocycles. The summed E-state index contributed by atoms with van der Waals surface area (Å²) in [7, 11) is 4.57. The van der Waals surface area contributed by atoms with Crippen LogP contribution >= 0.6 is 11.5 Å². The molecule has 0 atom stereocenters. The minimum absolute atomic E-state index is 0.276. The molecule has 2 heterocycles. The third-order valence-electron chi connectivity index (χ3n) is 5.10. The molecule has 0 radical (unpaired) electrons. The van der Waals surface area contributed by atoms with Crippen LogP contribution in [0.4, 0.5) is 0 Å². The van der Waals surface area contributed by atoms with E-state index in [9.17, 15) is 14.7 Å². The Hall–Kier alpha value is -4.12. The lowest BCUT2D eigenvalue weighted by molar-refractivity contribution is -0.136. The number of nitrogens with zero attached hydrogens (tertiary/aromatic N) is 2. The Bertz CT molecular complexity index is 1350. The first-order valence-corrected chi connectivity index (χ1v) is 10.4. The van der Waals surface area contributed by atoms with E-state index in [1.54, 1.807) is 30.3 Å². The van der Waals surface area contributed by atoms with Crippen molar-refractivity contribution >= 4 is 34.3 Å². The molecule has 0 saturated heterocycles. The highest BCUT2D eigenvalue weighted by molar-refractivity contribution is 7.09. The zero-order valence-electron chi connectivity index (χ0n) is 18.0. The highest BCUT2D eigenvalue weighted by Crippen LogP contribution is 2.42. The van der Waals surface area contributed by atoms with E-state index in [0.717, 1.165) is 11.5 Å². The summed E-state index contributed by atoms with van der Waals surface area (Å²) >= 11 is 1.09. The summed E-state index contributed by atoms with van der Waals surface area (Å²) in [6, 6.07) is 8.23. The van der Waals surface area contributed by atoms with Crippen LogP contribution in [0.2, 0.25) is 0 Å². The van der Waals surface area contributed by atoms with Gasteiger partial charge in [0, 0.05) is 28.6 Å². The van der Waals surface area contributed by atoms with E-state index < -0.39 is 11.9 Å². The van der Waals surface area contributed by atoms with Crippen molar-refractivity contribution in [2.75, 3.05) is 21.3 Å². The largest absolute Gasteiger partial charge is 0.496 e. The number of amides is 1. The van der Waals surface area contributed by atoms with E-state index in [-0.39, 0.29) is 12.0 Å². The van der Waals surface area contributed by atoms with Crippen molar-refractivity contribution in [1.82, 2.24) is 14.3 Å². The maximum atomic E-state index is 11.6. The van der Waals surface area contributed by atoms with Crippen LogP contribution in [-0.4, -0.2) is 52.7 Å². The molecule has 4 N–H and O–H groups in total. The Morgan fingerprint density at radius 1 is 1.09 bits per heavy atom. The van der Waals surface area contributed by atoms with Crippen LogP contribution in [0.5, 0.6) is 17.2 Å². The molecule has 4 aromatic rings. The van der Waals surface area contributed by atoms with Crippen LogP contribution in [0, 0.1) is 0 Å². The second-order valence-corrected chi connectivity index (χ2v) is 7.76.